The minimum absolute atomic E-state index is 0.0116. The lowest BCUT2D eigenvalue weighted by molar-refractivity contribution is -0.136. The molecular weight excluding hydrogens is 357 g/mol. The molecule has 3 aromatic rings. The third-order valence-corrected chi connectivity index (χ3v) is 3.23. The van der Waals surface area contributed by atoms with E-state index in [2.05, 4.69) is 25.8 Å². The van der Waals surface area contributed by atoms with Crippen LogP contribution < -0.4 is 10.6 Å². The molecule has 0 radical (unpaired) electrons. The van der Waals surface area contributed by atoms with Crippen LogP contribution in [0.4, 0.5) is 45.1 Å². The first-order valence-electron chi connectivity index (χ1n) is 7.18. The van der Waals surface area contributed by atoms with Crippen molar-refractivity contribution in [1.29, 1.82) is 0 Å². The summed E-state index contributed by atoms with van der Waals surface area (Å²) in [5.74, 6) is -1.83. The van der Waals surface area contributed by atoms with E-state index in [0.29, 0.717) is 6.07 Å². The highest BCUT2D eigenvalue weighted by atomic mass is 19.4. The fraction of sp³-hybridized carbons (Fsp3) is 0.0625. The summed E-state index contributed by atoms with van der Waals surface area (Å²) >= 11 is 0. The lowest BCUT2D eigenvalue weighted by Gasteiger charge is -2.13. The van der Waals surface area contributed by atoms with Crippen LogP contribution in [-0.2, 0) is 6.18 Å². The molecule has 10 heteroatoms. The average molecular weight is 367 g/mol. The lowest BCUT2D eigenvalue weighted by Crippen LogP contribution is -2.10. The Bertz CT molecular complexity index is 929. The minimum Gasteiger partial charge on any atom is -0.336 e. The van der Waals surface area contributed by atoms with Crippen molar-refractivity contribution >= 4 is 23.1 Å². The quantitative estimate of drug-likeness (QED) is 0.657. The average Bonchev–Trinajstić information content (AvgIpc) is 2.57. The number of nitrogens with zero attached hydrogens (tertiary/aromatic N) is 3. The Labute approximate surface area is 143 Å². The van der Waals surface area contributed by atoms with Gasteiger partial charge in [0.05, 0.1) is 23.1 Å². The van der Waals surface area contributed by atoms with Gasteiger partial charge in [0.1, 0.15) is 11.6 Å². The smallest absolute Gasteiger partial charge is 0.336 e. The largest absolute Gasteiger partial charge is 0.418 e. The highest BCUT2D eigenvalue weighted by molar-refractivity contribution is 5.61. The Morgan fingerprint density at radius 2 is 1.65 bits per heavy atom. The van der Waals surface area contributed by atoms with Gasteiger partial charge in [-0.3, -0.25) is 0 Å². The van der Waals surface area contributed by atoms with E-state index in [1.807, 2.05) is 0 Å². The molecule has 1 aromatic heterocycles. The van der Waals surface area contributed by atoms with Crippen molar-refractivity contribution in [2.75, 3.05) is 10.6 Å². The van der Waals surface area contributed by atoms with Crippen LogP contribution in [0.1, 0.15) is 5.56 Å². The number of hydrogen-bond acceptors (Lipinski definition) is 5. The Balaban J connectivity index is 1.85. The Morgan fingerprint density at radius 1 is 0.885 bits per heavy atom. The number of nitrogens with one attached hydrogen (secondary N) is 2. The van der Waals surface area contributed by atoms with E-state index in [9.17, 15) is 22.0 Å². The molecule has 2 aromatic carbocycles. The molecule has 0 aliphatic rings. The summed E-state index contributed by atoms with van der Waals surface area (Å²) in [6.45, 7) is 0. The van der Waals surface area contributed by atoms with Crippen LogP contribution in [0.15, 0.2) is 48.7 Å². The SMILES string of the molecule is Fc1ccc(Nc2cnnc(Nc3ccccc3C(F)(F)F)n2)c(F)c1. The predicted octanol–water partition coefficient (Wildman–Crippen LogP) is 4.66. The van der Waals surface area contributed by atoms with Crippen molar-refractivity contribution in [1.82, 2.24) is 15.2 Å². The number of hydrogen-bond donors (Lipinski definition) is 2. The number of aromatic nitrogens is 3. The van der Waals surface area contributed by atoms with Crippen molar-refractivity contribution in [2.24, 2.45) is 0 Å². The molecule has 0 unspecified atom stereocenters. The van der Waals surface area contributed by atoms with E-state index in [-0.39, 0.29) is 23.1 Å². The molecule has 0 atom stereocenters. The van der Waals surface area contributed by atoms with Crippen molar-refractivity contribution in [3.05, 3.63) is 65.9 Å². The maximum atomic E-state index is 13.7. The monoisotopic (exact) mass is 367 g/mol. The van der Waals surface area contributed by atoms with Gasteiger partial charge in [-0.2, -0.15) is 23.3 Å². The zero-order chi connectivity index (χ0) is 18.7. The van der Waals surface area contributed by atoms with E-state index in [0.717, 1.165) is 24.4 Å². The van der Waals surface area contributed by atoms with Crippen LogP contribution in [-0.4, -0.2) is 15.2 Å². The fourth-order valence-corrected chi connectivity index (χ4v) is 2.11. The maximum Gasteiger partial charge on any atom is 0.418 e. The van der Waals surface area contributed by atoms with Gasteiger partial charge in [0.15, 0.2) is 5.82 Å². The van der Waals surface area contributed by atoms with Crippen molar-refractivity contribution < 1.29 is 22.0 Å². The number of rotatable bonds is 4. The van der Waals surface area contributed by atoms with Gasteiger partial charge in [0.2, 0.25) is 5.95 Å². The summed E-state index contributed by atoms with van der Waals surface area (Å²) in [4.78, 5) is 3.93. The standard InChI is InChI=1S/C16H10F5N5/c17-9-5-6-13(11(18)7-9)23-14-8-22-26-15(25-14)24-12-4-2-1-3-10(12)16(19,20)21/h1-8H,(H2,23,24,25,26). The number of anilines is 4. The van der Waals surface area contributed by atoms with Crippen molar-refractivity contribution in [2.45, 2.75) is 6.18 Å². The van der Waals surface area contributed by atoms with Gasteiger partial charge in [-0.1, -0.05) is 12.1 Å². The molecule has 0 spiro atoms. The summed E-state index contributed by atoms with van der Waals surface area (Å²) in [5, 5.41) is 12.2. The van der Waals surface area contributed by atoms with Crippen LogP contribution in [0.2, 0.25) is 0 Å². The van der Waals surface area contributed by atoms with E-state index in [1.165, 1.54) is 18.2 Å². The summed E-state index contributed by atoms with van der Waals surface area (Å²) in [7, 11) is 0. The van der Waals surface area contributed by atoms with Crippen LogP contribution in [0.25, 0.3) is 0 Å². The van der Waals surface area contributed by atoms with E-state index in [1.54, 1.807) is 0 Å². The van der Waals surface area contributed by atoms with Crippen LogP contribution in [0, 0.1) is 11.6 Å². The molecule has 26 heavy (non-hydrogen) atoms. The number of halogens is 5. The summed E-state index contributed by atoms with van der Waals surface area (Å²) in [6.07, 6.45) is -3.42. The zero-order valence-electron chi connectivity index (χ0n) is 12.9. The third kappa shape index (κ3) is 4.02. The molecule has 0 aliphatic carbocycles. The van der Waals surface area contributed by atoms with Crippen molar-refractivity contribution in [3.63, 3.8) is 0 Å². The normalized spacial score (nSPS) is 11.3. The number of benzene rings is 2. The highest BCUT2D eigenvalue weighted by Gasteiger charge is 2.33. The maximum absolute atomic E-state index is 13.7. The molecule has 0 aliphatic heterocycles. The Hall–Kier alpha value is -3.30. The second-order valence-electron chi connectivity index (χ2n) is 5.08. The van der Waals surface area contributed by atoms with E-state index in [4.69, 9.17) is 0 Å². The van der Waals surface area contributed by atoms with Gasteiger partial charge in [0.25, 0.3) is 0 Å². The van der Waals surface area contributed by atoms with Crippen LogP contribution >= 0.6 is 0 Å². The van der Waals surface area contributed by atoms with Gasteiger partial charge in [0, 0.05) is 6.07 Å². The van der Waals surface area contributed by atoms with Crippen molar-refractivity contribution in [3.8, 4) is 0 Å². The molecule has 0 saturated heterocycles. The molecule has 3 rings (SSSR count). The predicted molar refractivity (Wildman–Crippen MR) is 84.2 cm³/mol. The van der Waals surface area contributed by atoms with Gasteiger partial charge in [-0.15, -0.1) is 5.10 Å². The molecular formula is C16H10F5N5. The Morgan fingerprint density at radius 3 is 2.38 bits per heavy atom. The summed E-state index contributed by atoms with van der Waals surface area (Å²) < 4.78 is 65.6. The number of alkyl halides is 3. The van der Waals surface area contributed by atoms with E-state index < -0.39 is 23.4 Å². The zero-order valence-corrected chi connectivity index (χ0v) is 12.9. The molecule has 0 saturated carbocycles. The highest BCUT2D eigenvalue weighted by Crippen LogP contribution is 2.35. The topological polar surface area (TPSA) is 62.7 Å². The van der Waals surface area contributed by atoms with E-state index >= 15 is 0 Å². The first-order chi connectivity index (χ1) is 12.3. The minimum atomic E-state index is -4.57. The molecule has 0 amide bonds. The lowest BCUT2D eigenvalue weighted by atomic mass is 10.1. The molecule has 1 heterocycles. The second-order valence-corrected chi connectivity index (χ2v) is 5.08. The van der Waals surface area contributed by atoms with Crippen LogP contribution in [0.5, 0.6) is 0 Å². The van der Waals surface area contributed by atoms with Gasteiger partial charge < -0.3 is 10.6 Å². The molecule has 134 valence electrons. The third-order valence-electron chi connectivity index (χ3n) is 3.23. The molecule has 0 fully saturated rings. The summed E-state index contributed by atoms with van der Waals surface area (Å²) in [6, 6.07) is 7.66. The molecule has 0 bridgehead atoms. The first kappa shape index (κ1) is 17.5. The molecule has 5 nitrogen and oxygen atoms in total. The second kappa shape index (κ2) is 6.90. The Kier molecular flexibility index (Phi) is 4.65. The van der Waals surface area contributed by atoms with Crippen LogP contribution in [0.3, 0.4) is 0 Å². The number of para-hydroxylation sites is 1. The van der Waals surface area contributed by atoms with Gasteiger partial charge in [-0.05, 0) is 24.3 Å². The fourth-order valence-electron chi connectivity index (χ4n) is 2.11. The molecule has 2 N–H and O–H groups in total. The van der Waals surface area contributed by atoms with Gasteiger partial charge in [-0.25, -0.2) is 8.78 Å². The summed E-state index contributed by atoms with van der Waals surface area (Å²) in [5.41, 5.74) is -1.23. The first-order valence-corrected chi connectivity index (χ1v) is 7.18. The van der Waals surface area contributed by atoms with Gasteiger partial charge >= 0.3 is 6.18 Å².